The maximum Gasteiger partial charge on any atom is 0.0661 e. The molecule has 2 saturated carbocycles. The lowest BCUT2D eigenvalue weighted by Crippen LogP contribution is -2.64. The van der Waals surface area contributed by atoms with Crippen LogP contribution in [0.2, 0.25) is 0 Å². The molecule has 3 aliphatic rings. The van der Waals surface area contributed by atoms with Crippen molar-refractivity contribution in [2.75, 3.05) is 26.9 Å². The Bertz CT molecular complexity index is 270. The van der Waals surface area contributed by atoms with Gasteiger partial charge in [0.2, 0.25) is 0 Å². The summed E-state index contributed by atoms with van der Waals surface area (Å²) < 4.78 is 11.7. The van der Waals surface area contributed by atoms with Gasteiger partial charge in [-0.05, 0) is 32.7 Å². The van der Waals surface area contributed by atoms with Crippen molar-refractivity contribution in [3.8, 4) is 0 Å². The summed E-state index contributed by atoms with van der Waals surface area (Å²) in [7, 11) is 2.11. The molecule has 1 saturated heterocycles. The summed E-state index contributed by atoms with van der Waals surface area (Å²) >= 11 is 0. The van der Waals surface area contributed by atoms with Gasteiger partial charge in [0.15, 0.2) is 0 Å². The topological polar surface area (TPSA) is 30.5 Å². The molecule has 3 unspecified atom stereocenters. The van der Waals surface area contributed by atoms with Crippen LogP contribution in [0.25, 0.3) is 0 Å². The Balaban J connectivity index is 1.54. The Hall–Kier alpha value is -0.120. The van der Waals surface area contributed by atoms with E-state index in [4.69, 9.17) is 9.47 Å². The molecule has 0 bridgehead atoms. The van der Waals surface area contributed by atoms with Gasteiger partial charge in [-0.15, -0.1) is 0 Å². The minimum absolute atomic E-state index is 0.465. The molecule has 0 radical (unpaired) electrons. The predicted octanol–water partition coefficient (Wildman–Crippen LogP) is 2.35. The van der Waals surface area contributed by atoms with Crippen molar-refractivity contribution in [2.45, 2.75) is 57.1 Å². The molecule has 3 atom stereocenters. The Kier molecular flexibility index (Phi) is 3.92. The first-order chi connectivity index (χ1) is 8.85. The van der Waals surface area contributed by atoms with Crippen LogP contribution in [0.4, 0.5) is 0 Å². The first kappa shape index (κ1) is 12.9. The molecule has 0 amide bonds. The SMILES string of the molecule is CNC1CC(OCC2CCOC2)C12CCCCC2. The quantitative estimate of drug-likeness (QED) is 0.834. The Labute approximate surface area is 111 Å². The van der Waals surface area contributed by atoms with E-state index in [1.807, 2.05) is 0 Å². The molecule has 3 nitrogen and oxygen atoms in total. The first-order valence-corrected chi connectivity index (χ1v) is 7.72. The minimum atomic E-state index is 0.465. The maximum absolute atomic E-state index is 6.27. The molecule has 0 aromatic carbocycles. The van der Waals surface area contributed by atoms with Crippen LogP contribution in [0.5, 0.6) is 0 Å². The molecule has 3 heteroatoms. The molecule has 1 aliphatic heterocycles. The van der Waals surface area contributed by atoms with Crippen LogP contribution in [-0.4, -0.2) is 39.0 Å². The molecule has 1 heterocycles. The fraction of sp³-hybridized carbons (Fsp3) is 1.00. The van der Waals surface area contributed by atoms with E-state index in [0.717, 1.165) is 19.8 Å². The van der Waals surface area contributed by atoms with Crippen LogP contribution in [0.15, 0.2) is 0 Å². The van der Waals surface area contributed by atoms with Gasteiger partial charge in [-0.1, -0.05) is 19.3 Å². The van der Waals surface area contributed by atoms with Crippen molar-refractivity contribution in [1.82, 2.24) is 5.32 Å². The molecule has 0 aromatic heterocycles. The van der Waals surface area contributed by atoms with Crippen molar-refractivity contribution < 1.29 is 9.47 Å². The van der Waals surface area contributed by atoms with E-state index in [-0.39, 0.29) is 0 Å². The Morgan fingerprint density at radius 2 is 2.11 bits per heavy atom. The van der Waals surface area contributed by atoms with E-state index in [9.17, 15) is 0 Å². The Morgan fingerprint density at radius 3 is 2.78 bits per heavy atom. The van der Waals surface area contributed by atoms with E-state index in [2.05, 4.69) is 12.4 Å². The van der Waals surface area contributed by atoms with Gasteiger partial charge in [-0.25, -0.2) is 0 Å². The Morgan fingerprint density at radius 1 is 1.28 bits per heavy atom. The van der Waals surface area contributed by atoms with E-state index in [1.54, 1.807) is 0 Å². The molecule has 18 heavy (non-hydrogen) atoms. The zero-order valence-electron chi connectivity index (χ0n) is 11.6. The largest absolute Gasteiger partial charge is 0.381 e. The van der Waals surface area contributed by atoms with Gasteiger partial charge in [0.05, 0.1) is 19.3 Å². The van der Waals surface area contributed by atoms with Gasteiger partial charge >= 0.3 is 0 Å². The summed E-state index contributed by atoms with van der Waals surface area (Å²) in [6.07, 6.45) is 9.85. The fourth-order valence-electron chi connectivity index (χ4n) is 4.23. The van der Waals surface area contributed by atoms with Gasteiger partial charge < -0.3 is 14.8 Å². The number of ether oxygens (including phenoxy) is 2. The van der Waals surface area contributed by atoms with Crippen molar-refractivity contribution in [1.29, 1.82) is 0 Å². The average Bonchev–Trinajstić information content (AvgIpc) is 2.92. The third kappa shape index (κ3) is 2.21. The van der Waals surface area contributed by atoms with Gasteiger partial charge in [0, 0.05) is 24.0 Å². The summed E-state index contributed by atoms with van der Waals surface area (Å²) in [4.78, 5) is 0. The molecule has 1 spiro atoms. The normalized spacial score (nSPS) is 38.8. The summed E-state index contributed by atoms with van der Waals surface area (Å²) in [5, 5.41) is 3.52. The maximum atomic E-state index is 6.27. The van der Waals surface area contributed by atoms with Crippen LogP contribution in [0.3, 0.4) is 0 Å². The van der Waals surface area contributed by atoms with E-state index in [1.165, 1.54) is 44.9 Å². The highest BCUT2D eigenvalue weighted by molar-refractivity contribution is 5.08. The highest BCUT2D eigenvalue weighted by atomic mass is 16.5. The van der Waals surface area contributed by atoms with E-state index < -0.39 is 0 Å². The molecule has 104 valence electrons. The van der Waals surface area contributed by atoms with Crippen LogP contribution in [-0.2, 0) is 9.47 Å². The number of hydrogen-bond acceptors (Lipinski definition) is 3. The second-order valence-corrected chi connectivity index (χ2v) is 6.42. The number of rotatable bonds is 4. The molecular formula is C15H27NO2. The lowest BCUT2D eigenvalue weighted by molar-refractivity contribution is -0.157. The monoisotopic (exact) mass is 253 g/mol. The summed E-state index contributed by atoms with van der Waals surface area (Å²) in [6, 6.07) is 0.697. The highest BCUT2D eigenvalue weighted by Crippen LogP contribution is 2.53. The average molecular weight is 253 g/mol. The molecule has 3 fully saturated rings. The van der Waals surface area contributed by atoms with Crippen molar-refractivity contribution in [2.24, 2.45) is 11.3 Å². The third-order valence-electron chi connectivity index (χ3n) is 5.48. The summed E-state index contributed by atoms with van der Waals surface area (Å²) in [6.45, 7) is 2.76. The third-order valence-corrected chi connectivity index (χ3v) is 5.48. The van der Waals surface area contributed by atoms with Crippen molar-refractivity contribution >= 4 is 0 Å². The van der Waals surface area contributed by atoms with Crippen LogP contribution in [0, 0.1) is 11.3 Å². The molecule has 3 rings (SSSR count). The number of hydrogen-bond donors (Lipinski definition) is 1. The van der Waals surface area contributed by atoms with Gasteiger partial charge in [0.25, 0.3) is 0 Å². The van der Waals surface area contributed by atoms with Gasteiger partial charge in [-0.2, -0.15) is 0 Å². The fourth-order valence-corrected chi connectivity index (χ4v) is 4.23. The van der Waals surface area contributed by atoms with Gasteiger partial charge in [0.1, 0.15) is 0 Å². The highest BCUT2D eigenvalue weighted by Gasteiger charge is 2.55. The zero-order valence-corrected chi connectivity index (χ0v) is 11.6. The second-order valence-electron chi connectivity index (χ2n) is 6.42. The lowest BCUT2D eigenvalue weighted by atomic mass is 9.55. The molecule has 0 aromatic rings. The van der Waals surface area contributed by atoms with E-state index in [0.29, 0.717) is 23.5 Å². The van der Waals surface area contributed by atoms with Crippen molar-refractivity contribution in [3.63, 3.8) is 0 Å². The predicted molar refractivity (Wildman–Crippen MR) is 71.6 cm³/mol. The van der Waals surface area contributed by atoms with Gasteiger partial charge in [-0.3, -0.25) is 0 Å². The molecule has 1 N–H and O–H groups in total. The van der Waals surface area contributed by atoms with E-state index >= 15 is 0 Å². The zero-order chi connectivity index (χ0) is 12.4. The lowest BCUT2D eigenvalue weighted by Gasteiger charge is -2.57. The minimum Gasteiger partial charge on any atom is -0.381 e. The summed E-state index contributed by atoms with van der Waals surface area (Å²) in [5.41, 5.74) is 0.465. The van der Waals surface area contributed by atoms with Crippen LogP contribution >= 0.6 is 0 Å². The molecule has 2 aliphatic carbocycles. The smallest absolute Gasteiger partial charge is 0.0661 e. The number of nitrogens with one attached hydrogen (secondary N) is 1. The van der Waals surface area contributed by atoms with Crippen LogP contribution < -0.4 is 5.32 Å². The summed E-state index contributed by atoms with van der Waals surface area (Å²) in [5.74, 6) is 0.652. The van der Waals surface area contributed by atoms with Crippen molar-refractivity contribution in [3.05, 3.63) is 0 Å². The standard InChI is InChI=1S/C15H27NO2/c1-16-13-9-14(15(13)6-3-2-4-7-15)18-11-12-5-8-17-10-12/h12-14,16H,2-11H2,1H3. The van der Waals surface area contributed by atoms with Crippen LogP contribution in [0.1, 0.15) is 44.9 Å². The first-order valence-electron chi connectivity index (χ1n) is 7.72. The second kappa shape index (κ2) is 5.48. The molecular weight excluding hydrogens is 226 g/mol.